The Morgan fingerprint density at radius 3 is 3.14 bits per heavy atom. The van der Waals surface area contributed by atoms with Gasteiger partial charge in [-0.15, -0.1) is 0 Å². The van der Waals surface area contributed by atoms with Gasteiger partial charge in [0.05, 0.1) is 12.9 Å². The van der Waals surface area contributed by atoms with E-state index in [9.17, 15) is 4.79 Å². The lowest BCUT2D eigenvalue weighted by Crippen LogP contribution is -2.26. The Hall–Kier alpha value is -1.24. The van der Waals surface area contributed by atoms with Gasteiger partial charge in [-0.2, -0.15) is 4.98 Å². The van der Waals surface area contributed by atoms with Gasteiger partial charge >= 0.3 is 0 Å². The number of aromatic nitrogens is 4. The molecule has 3 heterocycles. The number of hydrogen-bond acceptors (Lipinski definition) is 7. The SMILES string of the molecule is CNc1nc2c(ncn2[C@H]2CC(OI)[C@@H](COC)O2)c(=O)[nH]1. The second-order valence-electron chi connectivity index (χ2n) is 4.94. The number of hydrogen-bond donors (Lipinski definition) is 2. The zero-order valence-electron chi connectivity index (χ0n) is 12.1. The molecule has 1 aliphatic rings. The molecule has 0 aromatic carbocycles. The van der Waals surface area contributed by atoms with Crippen LogP contribution in [0.3, 0.4) is 0 Å². The fourth-order valence-corrected chi connectivity index (χ4v) is 3.07. The number of aromatic amines is 1. The first-order valence-electron chi connectivity index (χ1n) is 6.74. The van der Waals surface area contributed by atoms with Gasteiger partial charge < -0.3 is 17.9 Å². The van der Waals surface area contributed by atoms with Crippen LogP contribution in [0.25, 0.3) is 11.2 Å². The van der Waals surface area contributed by atoms with Crippen molar-refractivity contribution in [3.05, 3.63) is 16.7 Å². The van der Waals surface area contributed by atoms with E-state index in [0.29, 0.717) is 24.6 Å². The van der Waals surface area contributed by atoms with Gasteiger partial charge in [-0.25, -0.2) is 4.98 Å². The summed E-state index contributed by atoms with van der Waals surface area (Å²) in [5, 5.41) is 2.82. The van der Waals surface area contributed by atoms with Gasteiger partial charge in [0.1, 0.15) is 41.4 Å². The largest absolute Gasteiger partial charge is 0.382 e. The molecule has 1 unspecified atom stereocenters. The minimum atomic E-state index is -0.302. The first-order chi connectivity index (χ1) is 10.7. The van der Waals surface area contributed by atoms with Crippen molar-refractivity contribution >= 4 is 40.1 Å². The standard InChI is InChI=1S/C12H16IN5O4/c1-14-12-16-10-9(11(19)17-12)15-5-18(10)8-3-6(22-13)7(21-8)4-20-2/h5-8H,3-4H2,1-2H3,(H2,14,16,17,19)/t6?,7-,8-/m1/s1. The van der Waals surface area contributed by atoms with E-state index in [-0.39, 0.29) is 29.5 Å². The van der Waals surface area contributed by atoms with Crippen molar-refractivity contribution in [2.45, 2.75) is 24.9 Å². The fourth-order valence-electron chi connectivity index (χ4n) is 2.53. The molecule has 0 radical (unpaired) electrons. The third kappa shape index (κ3) is 2.71. The van der Waals surface area contributed by atoms with E-state index >= 15 is 0 Å². The molecule has 0 spiro atoms. The fraction of sp³-hybridized carbons (Fsp3) is 0.583. The van der Waals surface area contributed by atoms with Crippen molar-refractivity contribution < 1.29 is 12.5 Å². The van der Waals surface area contributed by atoms with Gasteiger partial charge in [0.25, 0.3) is 5.56 Å². The molecule has 120 valence electrons. The minimum Gasteiger partial charge on any atom is -0.382 e. The molecular formula is C12H16IN5O4. The summed E-state index contributed by atoms with van der Waals surface area (Å²) in [6, 6.07) is 0. The Bertz CT molecular complexity index is 717. The van der Waals surface area contributed by atoms with Gasteiger partial charge in [0, 0.05) is 20.6 Å². The summed E-state index contributed by atoms with van der Waals surface area (Å²) in [6.07, 6.45) is 1.63. The van der Waals surface area contributed by atoms with Gasteiger partial charge in [0.15, 0.2) is 11.2 Å². The first-order valence-corrected chi connectivity index (χ1v) is 7.62. The highest BCUT2D eigenvalue weighted by Gasteiger charge is 2.37. The quantitative estimate of drug-likeness (QED) is 0.690. The maximum atomic E-state index is 12.0. The maximum absolute atomic E-state index is 12.0. The summed E-state index contributed by atoms with van der Waals surface area (Å²) in [4.78, 5) is 23.1. The monoisotopic (exact) mass is 421 g/mol. The van der Waals surface area contributed by atoms with Crippen LogP contribution in [0, 0.1) is 0 Å². The highest BCUT2D eigenvalue weighted by atomic mass is 127. The Morgan fingerprint density at radius 1 is 1.64 bits per heavy atom. The number of fused-ring (bicyclic) bond motifs is 1. The number of ether oxygens (including phenoxy) is 2. The smallest absolute Gasteiger partial charge is 0.280 e. The Labute approximate surface area is 140 Å². The molecule has 0 saturated carbocycles. The zero-order chi connectivity index (χ0) is 15.7. The Kier molecular flexibility index (Phi) is 4.61. The van der Waals surface area contributed by atoms with Gasteiger partial charge in [-0.05, 0) is 0 Å². The lowest BCUT2D eigenvalue weighted by atomic mass is 10.2. The second-order valence-corrected chi connectivity index (χ2v) is 5.44. The van der Waals surface area contributed by atoms with Crippen LogP contribution in [0.1, 0.15) is 12.6 Å². The highest BCUT2D eigenvalue weighted by molar-refractivity contribution is 14.1. The number of nitrogens with one attached hydrogen (secondary N) is 2. The van der Waals surface area contributed by atoms with Crippen molar-refractivity contribution in [3.63, 3.8) is 0 Å². The molecule has 22 heavy (non-hydrogen) atoms. The van der Waals surface area contributed by atoms with E-state index in [0.717, 1.165) is 0 Å². The van der Waals surface area contributed by atoms with E-state index in [1.165, 1.54) is 0 Å². The molecule has 1 aliphatic heterocycles. The van der Waals surface area contributed by atoms with E-state index < -0.39 is 0 Å². The summed E-state index contributed by atoms with van der Waals surface area (Å²) in [7, 11) is 3.30. The number of anilines is 1. The summed E-state index contributed by atoms with van der Waals surface area (Å²) in [5.41, 5.74) is 0.467. The van der Waals surface area contributed by atoms with Crippen molar-refractivity contribution in [1.82, 2.24) is 19.5 Å². The topological polar surface area (TPSA) is 103 Å². The molecule has 3 atom stereocenters. The molecule has 3 rings (SSSR count). The van der Waals surface area contributed by atoms with Crippen LogP contribution in [-0.2, 0) is 12.5 Å². The molecule has 9 nitrogen and oxygen atoms in total. The van der Waals surface area contributed by atoms with E-state index in [2.05, 4.69) is 20.3 Å². The molecule has 2 aromatic rings. The molecule has 0 bridgehead atoms. The van der Waals surface area contributed by atoms with Crippen molar-refractivity contribution in [3.8, 4) is 0 Å². The van der Waals surface area contributed by atoms with Gasteiger partial charge in [-0.1, -0.05) is 0 Å². The molecule has 2 N–H and O–H groups in total. The third-order valence-electron chi connectivity index (χ3n) is 3.61. The average Bonchev–Trinajstić information content (AvgIpc) is 3.11. The molecular weight excluding hydrogens is 405 g/mol. The summed E-state index contributed by atoms with van der Waals surface area (Å²) >= 11 is 1.87. The van der Waals surface area contributed by atoms with Crippen LogP contribution in [0.5, 0.6) is 0 Å². The van der Waals surface area contributed by atoms with Gasteiger partial charge in [0.2, 0.25) is 5.95 Å². The molecule has 10 heteroatoms. The van der Waals surface area contributed by atoms with Crippen molar-refractivity contribution in [2.75, 3.05) is 26.1 Å². The van der Waals surface area contributed by atoms with Crippen molar-refractivity contribution in [2.24, 2.45) is 0 Å². The summed E-state index contributed by atoms with van der Waals surface area (Å²) in [5.74, 6) is 0.382. The Morgan fingerprint density at radius 2 is 2.45 bits per heavy atom. The number of H-pyrrole nitrogens is 1. The van der Waals surface area contributed by atoms with Crippen molar-refractivity contribution in [1.29, 1.82) is 0 Å². The predicted molar refractivity (Wildman–Crippen MR) is 87.0 cm³/mol. The normalized spacial score (nSPS) is 25.0. The van der Waals surface area contributed by atoms with E-state index in [1.807, 2.05) is 23.0 Å². The Balaban J connectivity index is 1.97. The number of rotatable bonds is 5. The number of nitrogens with zero attached hydrogens (tertiary/aromatic N) is 3. The maximum Gasteiger partial charge on any atom is 0.280 e. The van der Waals surface area contributed by atoms with Crippen LogP contribution in [0.15, 0.2) is 11.1 Å². The van der Waals surface area contributed by atoms with E-state index in [1.54, 1.807) is 25.1 Å². The van der Waals surface area contributed by atoms with Crippen LogP contribution < -0.4 is 10.9 Å². The van der Waals surface area contributed by atoms with Gasteiger partial charge in [-0.3, -0.25) is 14.3 Å². The van der Waals surface area contributed by atoms with Crippen LogP contribution in [-0.4, -0.2) is 52.5 Å². The first kappa shape index (κ1) is 15.6. The third-order valence-corrected chi connectivity index (χ3v) is 4.26. The molecule has 2 aromatic heterocycles. The molecule has 0 amide bonds. The van der Waals surface area contributed by atoms with Crippen LogP contribution in [0.4, 0.5) is 5.95 Å². The number of methoxy groups -OCH3 is 1. The summed E-state index contributed by atoms with van der Waals surface area (Å²) in [6.45, 7) is 0.437. The van der Waals surface area contributed by atoms with E-state index in [4.69, 9.17) is 12.5 Å². The second kappa shape index (κ2) is 6.48. The molecule has 1 saturated heterocycles. The van der Waals surface area contributed by atoms with Crippen LogP contribution >= 0.6 is 23.0 Å². The summed E-state index contributed by atoms with van der Waals surface area (Å²) < 4.78 is 18.3. The lowest BCUT2D eigenvalue weighted by molar-refractivity contribution is -0.0441. The van der Waals surface area contributed by atoms with Crippen LogP contribution in [0.2, 0.25) is 0 Å². The zero-order valence-corrected chi connectivity index (χ0v) is 14.2. The predicted octanol–water partition coefficient (Wildman–Crippen LogP) is 0.830. The number of imidazole rings is 1. The molecule has 1 fully saturated rings. The number of halogens is 1. The minimum absolute atomic E-state index is 0.0891. The molecule has 0 aliphatic carbocycles. The highest BCUT2D eigenvalue weighted by Crippen LogP contribution is 2.33. The lowest BCUT2D eigenvalue weighted by Gasteiger charge is -2.15. The average molecular weight is 421 g/mol.